The van der Waals surface area contributed by atoms with E-state index in [1.165, 1.54) is 6.92 Å². The molecule has 37 heavy (non-hydrogen) atoms. The largest absolute Gasteiger partial charge is 0.463 e. The molecule has 1 aromatic rings. The van der Waals surface area contributed by atoms with Crippen molar-refractivity contribution in [3.05, 3.63) is 41.6 Å². The number of nitrogens with one attached hydrogen (secondary N) is 1. The maximum Gasteiger partial charge on any atom is 0.303 e. The molecule has 5 atom stereocenters. The third kappa shape index (κ3) is 7.89. The van der Waals surface area contributed by atoms with Gasteiger partial charge in [-0.1, -0.05) is 42.1 Å². The highest BCUT2D eigenvalue weighted by molar-refractivity contribution is 8.14. The van der Waals surface area contributed by atoms with E-state index in [4.69, 9.17) is 23.7 Å². The third-order valence-corrected chi connectivity index (χ3v) is 5.98. The molecule has 0 saturated carbocycles. The van der Waals surface area contributed by atoms with Gasteiger partial charge in [-0.25, -0.2) is 4.99 Å². The summed E-state index contributed by atoms with van der Waals surface area (Å²) in [4.78, 5) is 64.0. The van der Waals surface area contributed by atoms with E-state index in [2.05, 4.69) is 10.3 Å². The lowest BCUT2D eigenvalue weighted by Gasteiger charge is -2.44. The molecule has 1 amide bonds. The van der Waals surface area contributed by atoms with Gasteiger partial charge in [-0.3, -0.25) is 29.3 Å². The van der Waals surface area contributed by atoms with Crippen LogP contribution in [-0.4, -0.2) is 71.4 Å². The highest BCUT2D eigenvalue weighted by Crippen LogP contribution is 2.35. The first kappa shape index (κ1) is 27.9. The van der Waals surface area contributed by atoms with Gasteiger partial charge < -0.3 is 23.7 Å². The topological polar surface area (TPSA) is 156 Å². The summed E-state index contributed by atoms with van der Waals surface area (Å²) in [6.45, 7) is 4.25. The summed E-state index contributed by atoms with van der Waals surface area (Å²) in [7, 11) is 0. The van der Waals surface area contributed by atoms with Crippen molar-refractivity contribution in [3.8, 4) is 0 Å². The second kappa shape index (κ2) is 12.5. The smallest absolute Gasteiger partial charge is 0.303 e. The fourth-order valence-electron chi connectivity index (χ4n) is 3.60. The number of ether oxygens (including phenoxy) is 5. The number of hydrogen-bond acceptors (Lipinski definition) is 12. The molecule has 0 aliphatic carbocycles. The number of benzene rings is 1. The Bertz CT molecular complexity index is 1120. The van der Waals surface area contributed by atoms with Gasteiger partial charge in [0.1, 0.15) is 18.4 Å². The molecule has 2 aliphatic rings. The van der Waals surface area contributed by atoms with Gasteiger partial charge in [0.25, 0.3) is 5.91 Å². The van der Waals surface area contributed by atoms with Crippen molar-refractivity contribution in [1.29, 1.82) is 0 Å². The summed E-state index contributed by atoms with van der Waals surface area (Å²) in [6.07, 6.45) is -3.36. The van der Waals surface area contributed by atoms with Crippen LogP contribution in [0.3, 0.4) is 0 Å². The van der Waals surface area contributed by atoms with E-state index in [-0.39, 0.29) is 17.5 Å². The van der Waals surface area contributed by atoms with Gasteiger partial charge in [-0.15, -0.1) is 0 Å². The molecule has 0 aromatic heterocycles. The second-order valence-electron chi connectivity index (χ2n) is 8.00. The monoisotopic (exact) mass is 534 g/mol. The molecular formula is C24H26N2O10S. The summed E-state index contributed by atoms with van der Waals surface area (Å²) in [5.74, 6) is -3.27. The highest BCUT2D eigenvalue weighted by atomic mass is 32.2. The molecule has 198 valence electrons. The molecule has 1 N–H and O–H groups in total. The molecule has 0 radical (unpaired) electrons. The molecule has 12 nitrogen and oxygen atoms in total. The lowest BCUT2D eigenvalue weighted by molar-refractivity contribution is -0.237. The van der Waals surface area contributed by atoms with E-state index in [1.807, 2.05) is 18.2 Å². The van der Waals surface area contributed by atoms with Gasteiger partial charge in [0.05, 0.1) is 0 Å². The Kier molecular flexibility index (Phi) is 9.42. The van der Waals surface area contributed by atoms with Crippen LogP contribution in [0, 0.1) is 0 Å². The van der Waals surface area contributed by atoms with Crippen LogP contribution in [0.2, 0.25) is 0 Å². The molecule has 1 fully saturated rings. The minimum Gasteiger partial charge on any atom is -0.463 e. The van der Waals surface area contributed by atoms with Crippen LogP contribution in [0.15, 0.2) is 41.0 Å². The zero-order valence-electron chi connectivity index (χ0n) is 20.5. The van der Waals surface area contributed by atoms with Crippen molar-refractivity contribution in [2.45, 2.75) is 57.5 Å². The second-order valence-corrected chi connectivity index (χ2v) is 9.08. The van der Waals surface area contributed by atoms with Crippen molar-refractivity contribution >= 4 is 52.8 Å². The number of carbonyl (C=O) groups excluding carboxylic acids is 5. The van der Waals surface area contributed by atoms with Crippen molar-refractivity contribution in [2.75, 3.05) is 6.61 Å². The number of esters is 4. The van der Waals surface area contributed by atoms with Crippen molar-refractivity contribution in [1.82, 2.24) is 5.32 Å². The van der Waals surface area contributed by atoms with Crippen LogP contribution in [0.4, 0.5) is 0 Å². The predicted molar refractivity (Wildman–Crippen MR) is 130 cm³/mol. The number of aliphatic imine (C=N–C) groups is 1. The first-order chi connectivity index (χ1) is 17.5. The van der Waals surface area contributed by atoms with Gasteiger partial charge in [-0.05, 0) is 11.6 Å². The number of thioether (sulfide) groups is 1. The fourth-order valence-corrected chi connectivity index (χ4v) is 4.67. The zero-order valence-corrected chi connectivity index (χ0v) is 21.3. The van der Waals surface area contributed by atoms with E-state index in [1.54, 1.807) is 18.2 Å². The summed E-state index contributed by atoms with van der Waals surface area (Å²) in [5, 5.41) is 2.75. The Morgan fingerprint density at radius 3 is 2.11 bits per heavy atom. The normalized spacial score (nSPS) is 26.1. The Balaban J connectivity index is 1.94. The summed E-state index contributed by atoms with van der Waals surface area (Å²) < 4.78 is 27.2. The van der Waals surface area contributed by atoms with Crippen LogP contribution >= 0.6 is 11.8 Å². The number of carbonyl (C=O) groups is 5. The van der Waals surface area contributed by atoms with E-state index >= 15 is 0 Å². The lowest BCUT2D eigenvalue weighted by atomic mass is 9.99. The van der Waals surface area contributed by atoms with Crippen LogP contribution < -0.4 is 5.32 Å². The Hall–Kier alpha value is -3.71. The molecule has 1 aromatic carbocycles. The highest BCUT2D eigenvalue weighted by Gasteiger charge is 2.53. The number of rotatable bonds is 7. The van der Waals surface area contributed by atoms with Gasteiger partial charge in [0.15, 0.2) is 28.9 Å². The minimum atomic E-state index is -1.31. The number of amidine groups is 1. The molecule has 1 saturated heterocycles. The number of hydrogen-bond donors (Lipinski definition) is 1. The summed E-state index contributed by atoms with van der Waals surface area (Å²) >= 11 is 0.892. The van der Waals surface area contributed by atoms with Gasteiger partial charge in [0.2, 0.25) is 0 Å². The van der Waals surface area contributed by atoms with Gasteiger partial charge in [-0.2, -0.15) is 0 Å². The maximum atomic E-state index is 12.5. The number of amides is 1. The third-order valence-electron chi connectivity index (χ3n) is 4.95. The molecule has 2 heterocycles. The predicted octanol–water partition coefficient (Wildman–Crippen LogP) is 1.33. The Labute approximate surface area is 216 Å². The van der Waals surface area contributed by atoms with E-state index in [0.29, 0.717) is 0 Å². The van der Waals surface area contributed by atoms with Crippen LogP contribution in [0.5, 0.6) is 0 Å². The zero-order chi connectivity index (χ0) is 27.1. The average Bonchev–Trinajstić information content (AvgIpc) is 3.14. The minimum absolute atomic E-state index is 0.132. The molecule has 4 unspecified atom stereocenters. The summed E-state index contributed by atoms with van der Waals surface area (Å²) in [6, 6.07) is 9.08. The molecule has 0 bridgehead atoms. The Morgan fingerprint density at radius 1 is 0.919 bits per heavy atom. The summed E-state index contributed by atoms with van der Waals surface area (Å²) in [5.41, 5.74) is -0.204. The van der Waals surface area contributed by atoms with E-state index in [0.717, 1.165) is 38.1 Å². The van der Waals surface area contributed by atoms with Gasteiger partial charge >= 0.3 is 23.9 Å². The van der Waals surface area contributed by atoms with Crippen molar-refractivity contribution < 1.29 is 47.7 Å². The molecule has 0 spiro atoms. The Morgan fingerprint density at radius 2 is 1.51 bits per heavy atom. The number of nitrogens with zero attached hydrogens (tertiary/aromatic N) is 1. The molecule has 2 aliphatic heterocycles. The van der Waals surface area contributed by atoms with Crippen molar-refractivity contribution in [3.63, 3.8) is 0 Å². The van der Waals surface area contributed by atoms with Gasteiger partial charge in [0, 0.05) is 27.7 Å². The SMILES string of the molecule is CC(=O)OCC1O[C@@H](SC2=N/C(=C\c3ccccc3)C(=O)N2)C(OC(C)=O)C(OC(C)=O)C1OC(C)=O. The molecular weight excluding hydrogens is 508 g/mol. The van der Waals surface area contributed by atoms with Crippen LogP contribution in [0.1, 0.15) is 33.3 Å². The van der Waals surface area contributed by atoms with Crippen LogP contribution in [-0.2, 0) is 47.7 Å². The van der Waals surface area contributed by atoms with Crippen molar-refractivity contribution in [2.24, 2.45) is 4.99 Å². The lowest BCUT2D eigenvalue weighted by Crippen LogP contribution is -2.61. The fraction of sp³-hybridized carbons (Fsp3) is 0.417. The van der Waals surface area contributed by atoms with E-state index in [9.17, 15) is 24.0 Å². The molecule has 3 rings (SSSR count). The first-order valence-corrected chi connectivity index (χ1v) is 12.1. The quantitative estimate of drug-likeness (QED) is 0.306. The molecule has 13 heteroatoms. The first-order valence-electron chi connectivity index (χ1n) is 11.2. The van der Waals surface area contributed by atoms with E-state index < -0.39 is 59.6 Å². The maximum absolute atomic E-state index is 12.5. The average molecular weight is 535 g/mol. The standard InChI is InChI=1S/C24H26N2O10S/c1-12(27)32-11-18-19(33-13(2)28)20(34-14(3)29)21(35-15(4)30)23(36-18)37-24-25-17(22(31)26-24)10-16-8-6-5-7-9-16/h5-10,18-21,23H,11H2,1-4H3,(H,25,26,31)/b17-10-/t18?,19?,20?,21?,23-/m0/s1. The van der Waals surface area contributed by atoms with Crippen LogP contribution in [0.25, 0.3) is 6.08 Å².